The number of furan rings is 1. The minimum absolute atomic E-state index is 0.175. The molecule has 1 N–H and O–H groups in total. The molecule has 204 valence electrons. The van der Waals surface area contributed by atoms with Crippen LogP contribution in [0.3, 0.4) is 0 Å². The van der Waals surface area contributed by atoms with Gasteiger partial charge in [0, 0.05) is 17.2 Å². The summed E-state index contributed by atoms with van der Waals surface area (Å²) >= 11 is 1.18. The first-order valence-corrected chi connectivity index (χ1v) is 13.3. The van der Waals surface area contributed by atoms with Crippen molar-refractivity contribution in [2.45, 2.75) is 26.8 Å². The fourth-order valence-electron chi connectivity index (χ4n) is 4.82. The number of hydrogen-bond donors (Lipinski definition) is 1. The molecule has 1 aliphatic rings. The van der Waals surface area contributed by atoms with E-state index >= 15 is 0 Å². The van der Waals surface area contributed by atoms with Crippen LogP contribution in [0, 0.1) is 6.92 Å². The van der Waals surface area contributed by atoms with Crippen molar-refractivity contribution < 1.29 is 28.6 Å². The van der Waals surface area contributed by atoms with Crippen molar-refractivity contribution in [2.75, 3.05) is 13.7 Å². The van der Waals surface area contributed by atoms with Crippen molar-refractivity contribution in [1.82, 2.24) is 4.57 Å². The number of rotatable bonds is 7. The van der Waals surface area contributed by atoms with Crippen molar-refractivity contribution in [1.29, 1.82) is 0 Å². The van der Waals surface area contributed by atoms with Crippen LogP contribution in [0.2, 0.25) is 0 Å². The number of aromatic nitrogens is 1. The van der Waals surface area contributed by atoms with Gasteiger partial charge in [-0.2, -0.15) is 0 Å². The Labute approximate surface area is 232 Å². The number of carboxylic acids is 1. The van der Waals surface area contributed by atoms with Crippen molar-refractivity contribution in [3.63, 3.8) is 0 Å². The summed E-state index contributed by atoms with van der Waals surface area (Å²) in [6.07, 6.45) is 1.62. The van der Waals surface area contributed by atoms with Gasteiger partial charge in [0.1, 0.15) is 23.3 Å². The SMILES string of the molecule is CCOC(=O)C1=C(C)N=c2s/c(=C\c3ccc(-c4cccc(C(=O)O)c4C)o3)c(=O)n2C1c1ccccc1OC. The van der Waals surface area contributed by atoms with Crippen LogP contribution in [0.4, 0.5) is 0 Å². The molecule has 0 saturated carbocycles. The molecule has 10 heteroatoms. The fourth-order valence-corrected chi connectivity index (χ4v) is 5.84. The van der Waals surface area contributed by atoms with Crippen molar-refractivity contribution in [3.05, 3.63) is 108 Å². The summed E-state index contributed by atoms with van der Waals surface area (Å²) in [5, 5.41) is 9.46. The standard InChI is InChI=1S/C30H26N2O7S/c1-5-38-29(36)25-17(3)31-30-32(26(25)21-9-6-7-12-22(21)37-4)27(33)24(40-30)15-18-13-14-23(39-18)19-10-8-11-20(16(19)2)28(34)35/h6-15,26H,5H2,1-4H3,(H,34,35)/b24-15-. The van der Waals surface area contributed by atoms with Gasteiger partial charge in [-0.15, -0.1) is 0 Å². The molecule has 1 aliphatic heterocycles. The van der Waals surface area contributed by atoms with E-state index in [4.69, 9.17) is 13.9 Å². The molecule has 1 unspecified atom stereocenters. The molecular weight excluding hydrogens is 532 g/mol. The summed E-state index contributed by atoms with van der Waals surface area (Å²) in [6, 6.07) is 14.8. The van der Waals surface area contributed by atoms with Crippen LogP contribution in [0.1, 0.15) is 47.1 Å². The van der Waals surface area contributed by atoms with Crippen LogP contribution in [-0.2, 0) is 9.53 Å². The number of hydrogen-bond acceptors (Lipinski definition) is 8. The van der Waals surface area contributed by atoms with Gasteiger partial charge in [0.2, 0.25) is 0 Å². The van der Waals surface area contributed by atoms with E-state index in [1.165, 1.54) is 29.1 Å². The van der Waals surface area contributed by atoms with Gasteiger partial charge in [-0.25, -0.2) is 14.6 Å². The highest BCUT2D eigenvalue weighted by Gasteiger charge is 2.35. The third-order valence-corrected chi connectivity index (χ3v) is 7.66. The second-order valence-electron chi connectivity index (χ2n) is 9.03. The number of esters is 1. The molecule has 40 heavy (non-hydrogen) atoms. The molecule has 0 saturated heterocycles. The first kappa shape index (κ1) is 26.9. The highest BCUT2D eigenvalue weighted by atomic mass is 32.1. The number of nitrogens with zero attached hydrogens (tertiary/aromatic N) is 2. The maximum absolute atomic E-state index is 13.8. The predicted molar refractivity (Wildman–Crippen MR) is 149 cm³/mol. The number of allylic oxidation sites excluding steroid dienone is 1. The van der Waals surface area contributed by atoms with Gasteiger partial charge in [0.25, 0.3) is 5.56 Å². The summed E-state index contributed by atoms with van der Waals surface area (Å²) in [7, 11) is 1.53. The van der Waals surface area contributed by atoms with Gasteiger partial charge in [0.05, 0.1) is 35.1 Å². The van der Waals surface area contributed by atoms with Crippen LogP contribution in [-0.4, -0.2) is 35.3 Å². The highest BCUT2D eigenvalue weighted by Crippen LogP contribution is 2.35. The molecule has 2 aromatic heterocycles. The summed E-state index contributed by atoms with van der Waals surface area (Å²) in [5.41, 5.74) is 2.41. The first-order valence-electron chi connectivity index (χ1n) is 12.5. The number of ether oxygens (including phenoxy) is 2. The Kier molecular flexibility index (Phi) is 7.27. The Morgan fingerprint density at radius 2 is 1.90 bits per heavy atom. The minimum Gasteiger partial charge on any atom is -0.496 e. The first-order chi connectivity index (χ1) is 19.2. The van der Waals surface area contributed by atoms with Crippen molar-refractivity contribution in [2.24, 2.45) is 4.99 Å². The number of para-hydroxylation sites is 1. The van der Waals surface area contributed by atoms with E-state index in [0.717, 1.165) is 0 Å². The molecule has 1 atom stereocenters. The summed E-state index contributed by atoms with van der Waals surface area (Å²) < 4.78 is 18.8. The highest BCUT2D eigenvalue weighted by molar-refractivity contribution is 7.07. The number of thiazole rings is 1. The molecular formula is C30H26N2O7S. The topological polar surface area (TPSA) is 120 Å². The lowest BCUT2D eigenvalue weighted by Gasteiger charge is -2.25. The van der Waals surface area contributed by atoms with Gasteiger partial charge in [-0.1, -0.05) is 41.7 Å². The van der Waals surface area contributed by atoms with Gasteiger partial charge in [0.15, 0.2) is 4.80 Å². The monoisotopic (exact) mass is 558 g/mol. The zero-order chi connectivity index (χ0) is 28.6. The Bertz CT molecular complexity index is 1860. The number of aromatic carboxylic acids is 1. The number of methoxy groups -OCH3 is 1. The predicted octanol–water partition coefficient (Wildman–Crippen LogP) is 4.07. The number of carbonyl (C=O) groups excluding carboxylic acids is 1. The lowest BCUT2D eigenvalue weighted by atomic mass is 9.95. The van der Waals surface area contributed by atoms with E-state index in [1.807, 2.05) is 18.2 Å². The Balaban J connectivity index is 1.65. The summed E-state index contributed by atoms with van der Waals surface area (Å²) in [4.78, 5) is 43.5. The van der Waals surface area contributed by atoms with Crippen molar-refractivity contribution in [3.8, 4) is 17.1 Å². The number of fused-ring (bicyclic) bond motifs is 1. The Morgan fingerprint density at radius 1 is 1.12 bits per heavy atom. The maximum Gasteiger partial charge on any atom is 0.338 e. The van der Waals surface area contributed by atoms with Crippen LogP contribution in [0.25, 0.3) is 17.4 Å². The van der Waals surface area contributed by atoms with Crippen LogP contribution in [0.5, 0.6) is 5.75 Å². The molecule has 0 spiro atoms. The van der Waals surface area contributed by atoms with Crippen LogP contribution in [0.15, 0.2) is 80.1 Å². The second kappa shape index (κ2) is 10.8. The lowest BCUT2D eigenvalue weighted by Crippen LogP contribution is -2.40. The number of benzene rings is 2. The van der Waals surface area contributed by atoms with Gasteiger partial charge in [-0.3, -0.25) is 9.36 Å². The van der Waals surface area contributed by atoms with E-state index in [9.17, 15) is 19.5 Å². The third-order valence-electron chi connectivity index (χ3n) is 6.68. The van der Waals surface area contributed by atoms with Crippen LogP contribution >= 0.6 is 11.3 Å². The summed E-state index contributed by atoms with van der Waals surface area (Å²) in [6.45, 7) is 5.34. The maximum atomic E-state index is 13.8. The largest absolute Gasteiger partial charge is 0.496 e. The third kappa shape index (κ3) is 4.66. The van der Waals surface area contributed by atoms with Crippen molar-refractivity contribution >= 4 is 29.4 Å². The molecule has 0 amide bonds. The molecule has 9 nitrogen and oxygen atoms in total. The smallest absolute Gasteiger partial charge is 0.338 e. The minimum atomic E-state index is -1.02. The van der Waals surface area contributed by atoms with Gasteiger partial charge < -0.3 is 19.0 Å². The molecule has 0 radical (unpaired) electrons. The van der Waals surface area contributed by atoms with Crippen LogP contribution < -0.4 is 19.6 Å². The lowest BCUT2D eigenvalue weighted by molar-refractivity contribution is -0.139. The van der Waals surface area contributed by atoms with E-state index in [2.05, 4.69) is 4.99 Å². The molecule has 0 fully saturated rings. The van der Waals surface area contributed by atoms with Gasteiger partial charge in [-0.05, 0) is 50.6 Å². The average Bonchev–Trinajstić information content (AvgIpc) is 3.52. The van der Waals surface area contributed by atoms with E-state index in [1.54, 1.807) is 57.2 Å². The molecule has 4 aromatic rings. The average molecular weight is 559 g/mol. The normalized spacial score (nSPS) is 15.0. The van der Waals surface area contributed by atoms with Gasteiger partial charge >= 0.3 is 11.9 Å². The van der Waals surface area contributed by atoms with E-state index in [-0.39, 0.29) is 23.3 Å². The zero-order valence-corrected chi connectivity index (χ0v) is 23.1. The van der Waals surface area contributed by atoms with E-state index < -0.39 is 18.0 Å². The number of carboxylic acid groups (broad SMARTS) is 1. The Morgan fingerprint density at radius 3 is 2.62 bits per heavy atom. The number of carbonyl (C=O) groups is 2. The second-order valence-corrected chi connectivity index (χ2v) is 10.0. The Hall–Kier alpha value is -4.70. The molecule has 5 rings (SSSR count). The van der Waals surface area contributed by atoms with E-state index in [0.29, 0.717) is 49.0 Å². The zero-order valence-electron chi connectivity index (χ0n) is 22.3. The molecule has 2 aromatic carbocycles. The molecule has 3 heterocycles. The fraction of sp³-hybridized carbons (Fsp3) is 0.200. The molecule has 0 bridgehead atoms. The quantitative estimate of drug-likeness (QED) is 0.340. The molecule has 0 aliphatic carbocycles. The summed E-state index contributed by atoms with van der Waals surface area (Å²) in [5.74, 6) is -0.159.